The molecule has 2 aliphatic rings. The van der Waals surface area contributed by atoms with Crippen LogP contribution in [-0.2, 0) is 38.2 Å². The summed E-state index contributed by atoms with van der Waals surface area (Å²) in [6.45, 7) is 18.8. The monoisotopic (exact) mass is 898 g/mol. The maximum atomic E-state index is 13.3. The number of carbonyl (C=O) groups is 6. The third-order valence-corrected chi connectivity index (χ3v) is 11.4. The number of carbonyl (C=O) groups excluding carboxylic acids is 6. The topological polar surface area (TPSA) is 194 Å². The maximum absolute atomic E-state index is 13.3. The van der Waals surface area contributed by atoms with Crippen molar-refractivity contribution in [1.82, 2.24) is 5.32 Å². The van der Waals surface area contributed by atoms with Crippen molar-refractivity contribution < 1.29 is 53.6 Å². The van der Waals surface area contributed by atoms with E-state index in [-0.39, 0.29) is 49.5 Å². The summed E-state index contributed by atoms with van der Waals surface area (Å²) in [6, 6.07) is 0. The van der Waals surface area contributed by atoms with Gasteiger partial charge in [-0.25, -0.2) is 0 Å². The zero-order chi connectivity index (χ0) is 49.1. The molecule has 0 radical (unpaired) electrons. The Hall–Kier alpha value is -5.56. The van der Waals surface area contributed by atoms with E-state index in [1.165, 1.54) is 6.92 Å². The fourth-order valence-corrected chi connectivity index (χ4v) is 7.31. The lowest BCUT2D eigenvalue weighted by Crippen LogP contribution is -2.57. The van der Waals surface area contributed by atoms with Gasteiger partial charge in [-0.2, -0.15) is 0 Å². The van der Waals surface area contributed by atoms with Gasteiger partial charge in [-0.05, 0) is 81.6 Å². The number of amides is 1. The van der Waals surface area contributed by atoms with Gasteiger partial charge in [0.2, 0.25) is 5.91 Å². The van der Waals surface area contributed by atoms with E-state index in [0.29, 0.717) is 17.6 Å². The lowest BCUT2D eigenvalue weighted by Gasteiger charge is -2.36. The molecule has 0 saturated carbocycles. The Labute approximate surface area is 385 Å². The van der Waals surface area contributed by atoms with Crippen LogP contribution in [0.2, 0.25) is 0 Å². The molecule has 354 valence electrons. The number of hydrogen-bond acceptors (Lipinski definition) is 11. The Kier molecular flexibility index (Phi) is 22.1. The van der Waals surface area contributed by atoms with Gasteiger partial charge in [0, 0.05) is 25.7 Å². The average Bonchev–Trinajstić information content (AvgIpc) is 3.23. The Balaban J connectivity index is 1.96. The molecule has 0 aliphatic heterocycles. The highest BCUT2D eigenvalue weighted by molar-refractivity contribution is 6.02. The number of aliphatic hydroxyl groups is 3. The Morgan fingerprint density at radius 1 is 0.585 bits per heavy atom. The summed E-state index contributed by atoms with van der Waals surface area (Å²) in [6.07, 6.45) is 25.9. The minimum absolute atomic E-state index is 0.0291. The number of ketones is 3. The minimum Gasteiger partial charge on any atom is -0.454 e. The van der Waals surface area contributed by atoms with E-state index in [1.54, 1.807) is 13.8 Å². The van der Waals surface area contributed by atoms with E-state index >= 15 is 0 Å². The van der Waals surface area contributed by atoms with E-state index < -0.39 is 66.2 Å². The molecule has 0 fully saturated rings. The van der Waals surface area contributed by atoms with Gasteiger partial charge in [0.1, 0.15) is 11.3 Å². The largest absolute Gasteiger partial charge is 0.454 e. The molecule has 0 spiro atoms. The highest BCUT2D eigenvalue weighted by Crippen LogP contribution is 2.42. The van der Waals surface area contributed by atoms with Gasteiger partial charge in [-0.15, -0.1) is 0 Å². The molecule has 65 heavy (non-hydrogen) atoms. The van der Waals surface area contributed by atoms with Crippen molar-refractivity contribution >= 4 is 35.2 Å². The molecule has 2 atom stereocenters. The summed E-state index contributed by atoms with van der Waals surface area (Å²) >= 11 is 0. The van der Waals surface area contributed by atoms with E-state index in [2.05, 4.69) is 5.32 Å². The van der Waals surface area contributed by atoms with Crippen LogP contribution in [0.5, 0.6) is 0 Å². The molecule has 0 bridgehead atoms. The number of nitrogens with one attached hydrogen (secondary N) is 1. The molecule has 0 heterocycles. The van der Waals surface area contributed by atoms with Crippen LogP contribution < -0.4 is 5.32 Å². The second-order valence-electron chi connectivity index (χ2n) is 18.4. The van der Waals surface area contributed by atoms with Crippen molar-refractivity contribution in [3.05, 3.63) is 130 Å². The van der Waals surface area contributed by atoms with E-state index in [4.69, 9.17) is 9.47 Å². The third-order valence-electron chi connectivity index (χ3n) is 11.4. The minimum atomic E-state index is -1.60. The summed E-state index contributed by atoms with van der Waals surface area (Å²) in [4.78, 5) is 74.6. The first-order valence-corrected chi connectivity index (χ1v) is 22.0. The van der Waals surface area contributed by atoms with E-state index in [0.717, 1.165) is 33.4 Å². The summed E-state index contributed by atoms with van der Waals surface area (Å²) in [5, 5.41) is 30.6. The van der Waals surface area contributed by atoms with E-state index in [9.17, 15) is 44.1 Å². The lowest BCUT2D eigenvalue weighted by molar-refractivity contribution is -0.156. The molecule has 0 saturated heterocycles. The van der Waals surface area contributed by atoms with Crippen LogP contribution in [-0.4, -0.2) is 88.1 Å². The third kappa shape index (κ3) is 18.1. The van der Waals surface area contributed by atoms with Crippen molar-refractivity contribution in [3.63, 3.8) is 0 Å². The fourth-order valence-electron chi connectivity index (χ4n) is 7.31. The van der Waals surface area contributed by atoms with Gasteiger partial charge in [-0.3, -0.25) is 24.0 Å². The van der Waals surface area contributed by atoms with Gasteiger partial charge >= 0.3 is 11.9 Å². The second kappa shape index (κ2) is 25.8. The van der Waals surface area contributed by atoms with Crippen molar-refractivity contribution in [2.45, 2.75) is 132 Å². The molecule has 0 aromatic heterocycles. The molecular weight excluding hydrogens is 827 g/mol. The molecule has 12 heteroatoms. The van der Waals surface area contributed by atoms with Gasteiger partial charge < -0.3 is 34.9 Å². The first-order valence-electron chi connectivity index (χ1n) is 22.0. The van der Waals surface area contributed by atoms with Crippen molar-refractivity contribution in [1.29, 1.82) is 0 Å². The number of aliphatic hydroxyl groups excluding tert-OH is 3. The Morgan fingerprint density at radius 2 is 0.938 bits per heavy atom. The SMILES string of the molecule is CC(=O)CCC(=O)OC1CC(C)(C)C(/C=C/C(C)=C/C=C/C(C)=C/C=C/C=C(C)/C=C/C=C(C)/C=C/C2=C(C)C(=O)C(OC(=O)CCC(=O)NC(CO)(CO)CO)CC2(C)C)=C(C)C1=O. The summed E-state index contributed by atoms with van der Waals surface area (Å²) in [5.74, 6) is -2.52. The van der Waals surface area contributed by atoms with Gasteiger partial charge in [0.25, 0.3) is 0 Å². The highest BCUT2D eigenvalue weighted by Gasteiger charge is 2.41. The van der Waals surface area contributed by atoms with Crippen molar-refractivity contribution in [3.8, 4) is 0 Å². The molecule has 2 rings (SSSR count). The predicted molar refractivity (Wildman–Crippen MR) is 254 cm³/mol. The van der Waals surface area contributed by atoms with Crippen LogP contribution in [0.1, 0.15) is 115 Å². The molecular formula is C53H71NO11. The van der Waals surface area contributed by atoms with Crippen LogP contribution in [0.25, 0.3) is 0 Å². The number of ether oxygens (including phenoxy) is 2. The number of allylic oxidation sites excluding steroid dienone is 20. The smallest absolute Gasteiger partial charge is 0.307 e. The summed E-state index contributed by atoms with van der Waals surface area (Å²) < 4.78 is 11.0. The molecule has 0 aromatic rings. The average molecular weight is 898 g/mol. The Bertz CT molecular complexity index is 2130. The first-order chi connectivity index (χ1) is 30.4. The zero-order valence-corrected chi connectivity index (χ0v) is 40.2. The lowest BCUT2D eigenvalue weighted by atomic mass is 9.71. The molecule has 2 aliphatic carbocycles. The van der Waals surface area contributed by atoms with Gasteiger partial charge in [0.15, 0.2) is 23.8 Å². The van der Waals surface area contributed by atoms with Gasteiger partial charge in [-0.1, -0.05) is 135 Å². The maximum Gasteiger partial charge on any atom is 0.307 e. The first kappa shape index (κ1) is 55.6. The van der Waals surface area contributed by atoms with Crippen LogP contribution in [0.4, 0.5) is 0 Å². The van der Waals surface area contributed by atoms with E-state index in [1.807, 2.05) is 140 Å². The summed E-state index contributed by atoms with van der Waals surface area (Å²) in [7, 11) is 0. The number of hydrogen-bond donors (Lipinski definition) is 4. The molecule has 2 unspecified atom stereocenters. The van der Waals surface area contributed by atoms with Crippen LogP contribution >= 0.6 is 0 Å². The predicted octanol–water partition coefficient (Wildman–Crippen LogP) is 7.99. The highest BCUT2D eigenvalue weighted by atomic mass is 16.6. The van der Waals surface area contributed by atoms with Gasteiger partial charge in [0.05, 0.1) is 32.7 Å². The standard InChI is InChI=1S/C53H71NO11/c1-35(18-14-20-37(3)22-25-42-40(6)49(62)44(30-51(42,8)9)64-47(60)28-24-39(5)58)16-12-13-17-36(2)19-15-21-38(4)23-26-43-41(7)50(63)45(31-52(43,10)11)65-48(61)29-27-46(59)54-53(32-55,33-56)34-57/h12-23,25-26,44-45,55-57H,24,27-34H2,1-11H3,(H,54,59)/b13-12+,18-14+,19-15+,25-22+,26-23+,35-16+,36-17+,37-20+,38-21+. The van der Waals surface area contributed by atoms with Crippen LogP contribution in [0.15, 0.2) is 130 Å². The van der Waals surface area contributed by atoms with Crippen molar-refractivity contribution in [2.75, 3.05) is 19.8 Å². The number of rotatable bonds is 22. The molecule has 4 N–H and O–H groups in total. The van der Waals surface area contributed by atoms with Crippen LogP contribution in [0.3, 0.4) is 0 Å². The number of Topliss-reactive ketones (excluding diaryl/α,β-unsaturated/α-hetero) is 3. The van der Waals surface area contributed by atoms with Crippen molar-refractivity contribution in [2.24, 2.45) is 10.8 Å². The normalized spacial score (nSPS) is 20.3. The summed E-state index contributed by atoms with van der Waals surface area (Å²) in [5.41, 5.74) is 4.40. The Morgan fingerprint density at radius 3 is 1.31 bits per heavy atom. The molecule has 1 amide bonds. The fraction of sp³-hybridized carbons (Fsp3) is 0.472. The van der Waals surface area contributed by atoms with Crippen LogP contribution in [0, 0.1) is 10.8 Å². The number of esters is 2. The molecule has 0 aromatic carbocycles. The zero-order valence-electron chi connectivity index (χ0n) is 40.2. The second-order valence-corrected chi connectivity index (χ2v) is 18.4. The molecule has 12 nitrogen and oxygen atoms in total. The quantitative estimate of drug-likeness (QED) is 0.0608.